The summed E-state index contributed by atoms with van der Waals surface area (Å²) in [4.78, 5) is 9.41. The van der Waals surface area contributed by atoms with Crippen LogP contribution in [0.25, 0.3) is 11.1 Å². The van der Waals surface area contributed by atoms with Crippen molar-refractivity contribution in [1.29, 1.82) is 0 Å². The van der Waals surface area contributed by atoms with E-state index in [4.69, 9.17) is 0 Å². The van der Waals surface area contributed by atoms with E-state index < -0.39 is 0 Å². The molecule has 1 aliphatic carbocycles. The summed E-state index contributed by atoms with van der Waals surface area (Å²) in [6, 6.07) is 62.8. The number of nitrogens with zero attached hydrogens (tertiary/aromatic N) is 3. The van der Waals surface area contributed by atoms with Crippen molar-refractivity contribution in [3.05, 3.63) is 208 Å². The highest BCUT2D eigenvalue weighted by molar-refractivity contribution is 8.02. The van der Waals surface area contributed by atoms with Crippen LogP contribution in [0.5, 0.6) is 0 Å². The van der Waals surface area contributed by atoms with Gasteiger partial charge in [-0.1, -0.05) is 203 Å². The summed E-state index contributed by atoms with van der Waals surface area (Å²) >= 11 is 2.11. The molecule has 0 saturated heterocycles. The fourth-order valence-corrected chi connectivity index (χ4v) is 15.1. The molecule has 0 aromatic heterocycles. The molecule has 0 fully saturated rings. The summed E-state index contributed by atoms with van der Waals surface area (Å²) in [6.07, 6.45) is 0. The number of rotatable bonds is 5. The molecule has 2 atom stereocenters. The molecule has 0 spiro atoms. The van der Waals surface area contributed by atoms with Crippen LogP contribution >= 0.6 is 11.8 Å². The van der Waals surface area contributed by atoms with E-state index in [1.807, 2.05) is 0 Å². The topological polar surface area (TPSA) is 9.72 Å². The van der Waals surface area contributed by atoms with E-state index in [2.05, 4.69) is 309 Å². The van der Waals surface area contributed by atoms with Crippen LogP contribution in [0.2, 0.25) is 0 Å². The summed E-state index contributed by atoms with van der Waals surface area (Å²) in [5.74, 6) is 0. The van der Waals surface area contributed by atoms with Gasteiger partial charge >= 0.3 is 0 Å². The lowest BCUT2D eigenvalue weighted by Gasteiger charge is -2.49. The van der Waals surface area contributed by atoms with Gasteiger partial charge in [0, 0.05) is 55.3 Å². The van der Waals surface area contributed by atoms with Gasteiger partial charge in [-0.2, -0.15) is 0 Å². The van der Waals surface area contributed by atoms with E-state index in [9.17, 15) is 0 Å². The summed E-state index contributed by atoms with van der Waals surface area (Å²) in [5.41, 5.74) is 27.1. The molecular weight excluding hydrogens is 974 g/mol. The number of hydrogen-bond donors (Lipinski definition) is 0. The van der Waals surface area contributed by atoms with Crippen molar-refractivity contribution in [3.63, 3.8) is 0 Å². The minimum Gasteiger partial charge on any atom is -0.334 e. The first-order chi connectivity index (χ1) is 37.0. The second-order valence-electron chi connectivity index (χ2n) is 29.2. The maximum atomic E-state index is 2.76. The molecule has 4 aliphatic rings. The van der Waals surface area contributed by atoms with Gasteiger partial charge in [0.05, 0.1) is 11.7 Å². The monoisotopic (exact) mass is 1060 g/mol. The molecule has 0 saturated carbocycles. The van der Waals surface area contributed by atoms with E-state index in [1.165, 1.54) is 111 Å². The Morgan fingerprint density at radius 3 is 1.56 bits per heavy atom. The van der Waals surface area contributed by atoms with Crippen LogP contribution in [-0.2, 0) is 32.5 Å². The fourth-order valence-electron chi connectivity index (χ4n) is 13.5. The van der Waals surface area contributed by atoms with E-state index in [0.717, 1.165) is 11.4 Å². The Morgan fingerprint density at radius 2 is 0.987 bits per heavy atom. The zero-order valence-electron chi connectivity index (χ0n) is 50.5. The van der Waals surface area contributed by atoms with Crippen molar-refractivity contribution < 1.29 is 0 Å². The number of benzene rings is 8. The van der Waals surface area contributed by atoms with Gasteiger partial charge in [0.1, 0.15) is 0 Å². The van der Waals surface area contributed by atoms with E-state index >= 15 is 0 Å². The van der Waals surface area contributed by atoms with Crippen molar-refractivity contribution in [2.45, 2.75) is 173 Å². The molecule has 5 heteroatoms. The Kier molecular flexibility index (Phi) is 12.2. The minimum absolute atomic E-state index is 0.0125. The standard InChI is InChI=1S/C74H82BN3S/c1-45-39-62-66-63(40-45)78(53-35-27-48(28-36-53)71(8,9)10)67-57-41-49(72(11,12)13)30-38-64(57)79-68(67)75(66)59-42-50(73(14,15)16)29-37-60(59)77(62)54-43-56-55-21-19-20-22-58(55)74(17,18)65(56)61(44-54)76(51-31-23-46(24-32-51)69(2,3)4)52-33-25-47(26-34-52)70(5,6)7/h19-44,67-68H,1-18H3. The van der Waals surface area contributed by atoms with Gasteiger partial charge in [-0.25, -0.2) is 0 Å². The molecular formula is C74H82BN3S. The molecule has 402 valence electrons. The lowest BCUT2D eigenvalue weighted by atomic mass is 9.33. The zero-order chi connectivity index (χ0) is 56.3. The lowest BCUT2D eigenvalue weighted by Crippen LogP contribution is -2.62. The average molecular weight is 1060 g/mol. The Balaban J connectivity index is 1.17. The molecule has 12 rings (SSSR count). The molecule has 0 N–H and O–H groups in total. The van der Waals surface area contributed by atoms with Gasteiger partial charge < -0.3 is 14.7 Å². The number of hydrogen-bond acceptors (Lipinski definition) is 4. The molecule has 79 heavy (non-hydrogen) atoms. The first kappa shape index (κ1) is 53.2. The Bertz CT molecular complexity index is 3660. The van der Waals surface area contributed by atoms with Crippen molar-refractivity contribution in [3.8, 4) is 11.1 Å². The molecule has 3 heterocycles. The van der Waals surface area contributed by atoms with Gasteiger partial charge in [0.25, 0.3) is 0 Å². The summed E-state index contributed by atoms with van der Waals surface area (Å²) in [5, 5.41) is 0.212. The number of anilines is 8. The first-order valence-electron chi connectivity index (χ1n) is 29.1. The maximum Gasteiger partial charge on any atom is 0.233 e. The molecule has 2 unspecified atom stereocenters. The Hall–Kier alpha value is -6.43. The smallest absolute Gasteiger partial charge is 0.233 e. The molecule has 8 aromatic rings. The van der Waals surface area contributed by atoms with Gasteiger partial charge in [-0.05, 0) is 179 Å². The molecule has 3 aliphatic heterocycles. The second kappa shape index (κ2) is 18.0. The number of aryl methyl sites for hydroxylation is 1. The van der Waals surface area contributed by atoms with Gasteiger partial charge in [0.2, 0.25) is 6.71 Å². The molecule has 3 nitrogen and oxygen atoms in total. The fraction of sp³-hybridized carbons (Fsp3) is 0.351. The quantitative estimate of drug-likeness (QED) is 0.159. The zero-order valence-corrected chi connectivity index (χ0v) is 51.3. The second-order valence-corrected chi connectivity index (χ2v) is 30.5. The number of thioether (sulfide) groups is 1. The van der Waals surface area contributed by atoms with Crippen LogP contribution in [0.3, 0.4) is 0 Å². The highest BCUT2D eigenvalue weighted by atomic mass is 32.2. The Labute approximate surface area is 479 Å². The van der Waals surface area contributed by atoms with E-state index in [-0.39, 0.29) is 50.4 Å². The third-order valence-electron chi connectivity index (χ3n) is 18.0. The minimum atomic E-state index is -0.288. The summed E-state index contributed by atoms with van der Waals surface area (Å²) in [7, 11) is 0. The van der Waals surface area contributed by atoms with Crippen molar-refractivity contribution in [2.75, 3.05) is 14.7 Å². The number of fused-ring (bicyclic) bond motifs is 9. The predicted molar refractivity (Wildman–Crippen MR) is 344 cm³/mol. The normalized spacial score (nSPS) is 17.2. The highest BCUT2D eigenvalue weighted by Gasteiger charge is 2.54. The van der Waals surface area contributed by atoms with E-state index in [0.29, 0.717) is 0 Å². The SMILES string of the molecule is Cc1cc2c3c(c1)N(c1ccc(C(C)(C)C)cc1)C1c4cc(C(C)(C)C)ccc4SC1B3c1cc(C(C)(C)C)ccc1N2c1cc2c(c(N(c3ccc(C(C)(C)C)cc3)c3ccc(C(C)(C)C)cc3)c1)C(C)(C)c1ccccc1-2. The van der Waals surface area contributed by atoms with Crippen molar-refractivity contribution in [2.24, 2.45) is 0 Å². The van der Waals surface area contributed by atoms with Crippen LogP contribution in [0.15, 0.2) is 163 Å². The average Bonchev–Trinajstić information content (AvgIpc) is 2.72. The van der Waals surface area contributed by atoms with E-state index in [1.54, 1.807) is 0 Å². The summed E-state index contributed by atoms with van der Waals surface area (Å²) in [6.45, 7) is 42.4. The third-order valence-corrected chi connectivity index (χ3v) is 19.5. The van der Waals surface area contributed by atoms with Crippen LogP contribution in [-0.4, -0.2) is 11.9 Å². The molecule has 0 radical (unpaired) electrons. The van der Waals surface area contributed by atoms with Crippen LogP contribution in [0.1, 0.15) is 174 Å². The Morgan fingerprint density at radius 1 is 0.481 bits per heavy atom. The summed E-state index contributed by atoms with van der Waals surface area (Å²) < 4.78 is 0. The largest absolute Gasteiger partial charge is 0.334 e. The lowest BCUT2D eigenvalue weighted by molar-refractivity contribution is 0.587. The van der Waals surface area contributed by atoms with Gasteiger partial charge in [-0.15, -0.1) is 11.8 Å². The third kappa shape index (κ3) is 8.79. The molecule has 0 bridgehead atoms. The molecule has 8 aromatic carbocycles. The molecule has 0 amide bonds. The van der Waals surface area contributed by atoms with Crippen LogP contribution < -0.4 is 25.6 Å². The first-order valence-corrected chi connectivity index (χ1v) is 30.0. The van der Waals surface area contributed by atoms with Crippen LogP contribution in [0.4, 0.5) is 45.5 Å². The van der Waals surface area contributed by atoms with Crippen LogP contribution in [0, 0.1) is 6.92 Å². The predicted octanol–water partition coefficient (Wildman–Crippen LogP) is 19.6. The maximum absolute atomic E-state index is 2.76. The van der Waals surface area contributed by atoms with Gasteiger partial charge in [0.15, 0.2) is 0 Å². The van der Waals surface area contributed by atoms with Crippen molar-refractivity contribution in [1.82, 2.24) is 0 Å². The highest BCUT2D eigenvalue weighted by Crippen LogP contribution is 2.60. The van der Waals surface area contributed by atoms with Crippen molar-refractivity contribution >= 4 is 74.9 Å². The van der Waals surface area contributed by atoms with Gasteiger partial charge in [-0.3, -0.25) is 0 Å².